The van der Waals surface area contributed by atoms with E-state index in [9.17, 15) is 18.5 Å². The van der Waals surface area contributed by atoms with Gasteiger partial charge in [-0.1, -0.05) is 98.8 Å². The van der Waals surface area contributed by atoms with Gasteiger partial charge in [0.2, 0.25) is 5.91 Å². The second-order valence-electron chi connectivity index (χ2n) is 14.0. The molecule has 1 N–H and O–H groups in total. The number of anilines is 2. The molecule has 1 aliphatic rings. The first kappa shape index (κ1) is 38.2. The van der Waals surface area contributed by atoms with Gasteiger partial charge in [0.1, 0.15) is 17.3 Å². The van der Waals surface area contributed by atoms with E-state index < -0.39 is 21.3 Å². The van der Waals surface area contributed by atoms with E-state index in [-0.39, 0.29) is 28.8 Å². The van der Waals surface area contributed by atoms with Gasteiger partial charge in [-0.15, -0.1) is 10.2 Å². The van der Waals surface area contributed by atoms with Crippen molar-refractivity contribution in [2.75, 3.05) is 34.8 Å². The summed E-state index contributed by atoms with van der Waals surface area (Å²) in [6.45, 7) is 13.7. The third-order valence-corrected chi connectivity index (χ3v) is 10.5. The summed E-state index contributed by atoms with van der Waals surface area (Å²) in [7, 11) is -3.20. The van der Waals surface area contributed by atoms with Gasteiger partial charge in [0.25, 0.3) is 0 Å². The molecule has 1 fully saturated rings. The van der Waals surface area contributed by atoms with Gasteiger partial charge in [-0.05, 0) is 37.5 Å². The van der Waals surface area contributed by atoms with Gasteiger partial charge in [0, 0.05) is 31.1 Å². The minimum atomic E-state index is -3.20. The van der Waals surface area contributed by atoms with Gasteiger partial charge in [0.05, 0.1) is 28.9 Å². The Labute approximate surface area is 283 Å². The molecule has 0 radical (unpaired) electrons. The number of rotatable bonds is 19. The number of azo groups is 1. The number of aromatic nitrogens is 2. The zero-order chi connectivity index (χ0) is 34.5. The fourth-order valence-electron chi connectivity index (χ4n) is 6.11. The van der Waals surface area contributed by atoms with Crippen LogP contribution in [-0.4, -0.2) is 48.7 Å². The molecular formula is C36H57N7O3S. The number of amides is 1. The molecule has 11 heteroatoms. The second kappa shape index (κ2) is 18.3. The molecule has 0 aliphatic carbocycles. The molecule has 47 heavy (non-hydrogen) atoms. The number of carbonyl (C=O) groups excluding carboxylic acids is 1. The van der Waals surface area contributed by atoms with Crippen LogP contribution in [0.3, 0.4) is 0 Å². The Bertz CT molecular complexity index is 1470. The van der Waals surface area contributed by atoms with Crippen LogP contribution in [0.4, 0.5) is 22.9 Å². The lowest BCUT2D eigenvalue weighted by molar-refractivity contribution is -0.114. The summed E-state index contributed by atoms with van der Waals surface area (Å²) < 4.78 is 26.3. The number of hydrogen-bond acceptors (Lipinski definition) is 8. The monoisotopic (exact) mass is 667 g/mol. The molecule has 10 nitrogen and oxygen atoms in total. The fraction of sp³-hybridized carbons (Fsp3) is 0.694. The van der Waals surface area contributed by atoms with Gasteiger partial charge in [0.15, 0.2) is 15.7 Å². The van der Waals surface area contributed by atoms with Crippen molar-refractivity contribution in [2.24, 2.45) is 10.2 Å². The summed E-state index contributed by atoms with van der Waals surface area (Å²) >= 11 is 0. The molecule has 0 bridgehead atoms. The molecule has 1 aromatic heterocycles. The van der Waals surface area contributed by atoms with E-state index in [1.807, 2.05) is 39.0 Å². The van der Waals surface area contributed by atoms with Gasteiger partial charge in [-0.25, -0.2) is 13.1 Å². The fourth-order valence-corrected chi connectivity index (χ4v) is 7.80. The minimum absolute atomic E-state index is 0.0511. The Kier molecular flexibility index (Phi) is 14.9. The van der Waals surface area contributed by atoms with Crippen molar-refractivity contribution in [1.82, 2.24) is 9.78 Å². The topological polar surface area (TPSA) is 133 Å². The van der Waals surface area contributed by atoms with E-state index in [0.717, 1.165) is 31.6 Å². The average molecular weight is 668 g/mol. The predicted molar refractivity (Wildman–Crippen MR) is 192 cm³/mol. The summed E-state index contributed by atoms with van der Waals surface area (Å²) in [5.41, 5.74) is 2.40. The molecule has 1 aromatic carbocycles. The Morgan fingerprint density at radius 1 is 1.00 bits per heavy atom. The molecule has 1 amide bonds. The molecule has 0 saturated carbocycles. The van der Waals surface area contributed by atoms with Crippen LogP contribution in [-0.2, 0) is 20.0 Å². The summed E-state index contributed by atoms with van der Waals surface area (Å²) in [5.74, 6) is 0.0455. The normalized spacial score (nSPS) is 16.1. The van der Waals surface area contributed by atoms with Crippen LogP contribution in [0.1, 0.15) is 142 Å². The summed E-state index contributed by atoms with van der Waals surface area (Å²) in [4.78, 5) is 14.7. The largest absolute Gasteiger partial charge is 0.371 e. The lowest BCUT2D eigenvalue weighted by Gasteiger charge is -2.26. The van der Waals surface area contributed by atoms with Crippen LogP contribution in [0.15, 0.2) is 28.4 Å². The zero-order valence-corrected chi connectivity index (χ0v) is 30.5. The Hall–Kier alpha value is -3.26. The molecule has 2 aromatic rings. The third-order valence-electron chi connectivity index (χ3n) is 8.73. The van der Waals surface area contributed by atoms with Gasteiger partial charge < -0.3 is 10.2 Å². The van der Waals surface area contributed by atoms with Gasteiger partial charge in [-0.3, -0.25) is 4.79 Å². The maximum absolute atomic E-state index is 12.3. The minimum Gasteiger partial charge on any atom is -0.371 e. The van der Waals surface area contributed by atoms with E-state index in [0.29, 0.717) is 23.5 Å². The number of benzene rings is 1. The molecule has 0 spiro atoms. The Morgan fingerprint density at radius 2 is 1.60 bits per heavy atom. The number of unbranched alkanes of at least 4 members (excludes halogenated alkanes) is 10. The van der Waals surface area contributed by atoms with Crippen molar-refractivity contribution in [3.8, 4) is 6.07 Å². The predicted octanol–water partition coefficient (Wildman–Crippen LogP) is 9.31. The first-order valence-corrected chi connectivity index (χ1v) is 19.5. The smallest absolute Gasteiger partial charge is 0.221 e. The van der Waals surface area contributed by atoms with E-state index >= 15 is 0 Å². The number of nitrogens with one attached hydrogen (secondary N) is 1. The lowest BCUT2D eigenvalue weighted by Crippen LogP contribution is -2.26. The van der Waals surface area contributed by atoms with Crippen LogP contribution in [0.25, 0.3) is 0 Å². The van der Waals surface area contributed by atoms with E-state index in [2.05, 4.69) is 40.4 Å². The van der Waals surface area contributed by atoms with Crippen molar-refractivity contribution in [1.29, 1.82) is 5.26 Å². The average Bonchev–Trinajstić information content (AvgIpc) is 3.57. The van der Waals surface area contributed by atoms with E-state index in [1.165, 1.54) is 71.1 Å². The van der Waals surface area contributed by atoms with Gasteiger partial charge in [-0.2, -0.15) is 10.4 Å². The quantitative estimate of drug-likeness (QED) is 0.117. The number of nitriles is 1. The standard InChI is InChI=1S/C36H57N7O3S/c1-7-9-11-13-15-17-22-42(23-18-16-14-12-10-8-2)29-19-20-32(33(25-29)38-28(3)44)39-40-35-31(26-37)34(36(4,5)6)41-43(35)30-21-24-47(45,46)27-30/h19-20,25,30H,7-18,21-24,27H2,1-6H3,(H,38,44). The Morgan fingerprint density at radius 3 is 2.11 bits per heavy atom. The Balaban J connectivity index is 1.94. The number of carbonyl (C=O) groups is 1. The molecule has 1 atom stereocenters. The molecule has 260 valence electrons. The van der Waals surface area contributed by atoms with E-state index in [4.69, 9.17) is 5.10 Å². The van der Waals surface area contributed by atoms with Crippen molar-refractivity contribution < 1.29 is 13.2 Å². The molecule has 2 heterocycles. The highest BCUT2D eigenvalue weighted by molar-refractivity contribution is 7.91. The molecule has 1 saturated heterocycles. The van der Waals surface area contributed by atoms with Crippen molar-refractivity contribution in [2.45, 2.75) is 136 Å². The highest BCUT2D eigenvalue weighted by Crippen LogP contribution is 2.38. The van der Waals surface area contributed by atoms with Crippen LogP contribution in [0.5, 0.6) is 0 Å². The first-order chi connectivity index (χ1) is 22.4. The van der Waals surface area contributed by atoms with Crippen LogP contribution in [0.2, 0.25) is 0 Å². The summed E-state index contributed by atoms with van der Waals surface area (Å²) in [5, 5.41) is 26.9. The maximum atomic E-state index is 12.3. The van der Waals surface area contributed by atoms with Crippen molar-refractivity contribution in [3.63, 3.8) is 0 Å². The summed E-state index contributed by atoms with van der Waals surface area (Å²) in [6.07, 6.45) is 15.1. The van der Waals surface area contributed by atoms with Crippen molar-refractivity contribution >= 4 is 38.6 Å². The molecule has 1 unspecified atom stereocenters. The number of sulfone groups is 1. The van der Waals surface area contributed by atoms with E-state index in [1.54, 1.807) is 4.68 Å². The third kappa shape index (κ3) is 11.7. The molecular weight excluding hydrogens is 611 g/mol. The first-order valence-electron chi connectivity index (χ1n) is 17.7. The molecule has 3 rings (SSSR count). The second-order valence-corrected chi connectivity index (χ2v) is 16.2. The maximum Gasteiger partial charge on any atom is 0.221 e. The number of nitrogens with zero attached hydrogens (tertiary/aromatic N) is 6. The lowest BCUT2D eigenvalue weighted by atomic mass is 9.90. The van der Waals surface area contributed by atoms with Crippen molar-refractivity contribution in [3.05, 3.63) is 29.5 Å². The van der Waals surface area contributed by atoms with Crippen LogP contribution < -0.4 is 10.2 Å². The summed E-state index contributed by atoms with van der Waals surface area (Å²) in [6, 6.07) is 7.68. The van der Waals surface area contributed by atoms with Crippen LogP contribution in [0, 0.1) is 11.3 Å². The van der Waals surface area contributed by atoms with Crippen LogP contribution >= 0.6 is 0 Å². The highest BCUT2D eigenvalue weighted by atomic mass is 32.2. The SMILES string of the molecule is CCCCCCCCN(CCCCCCCC)c1ccc(N=Nc2c(C#N)c(C(C)(C)C)nn2C2CCS(=O)(=O)C2)c(NC(C)=O)c1. The molecule has 1 aliphatic heterocycles. The number of hydrogen-bond donors (Lipinski definition) is 1. The zero-order valence-electron chi connectivity index (χ0n) is 29.6. The van der Waals surface area contributed by atoms with Gasteiger partial charge >= 0.3 is 0 Å². The highest BCUT2D eigenvalue weighted by Gasteiger charge is 2.35.